The summed E-state index contributed by atoms with van der Waals surface area (Å²) in [6, 6.07) is 15.5. The highest BCUT2D eigenvalue weighted by Crippen LogP contribution is 2.35. The third kappa shape index (κ3) is 5.11. The van der Waals surface area contributed by atoms with Crippen molar-refractivity contribution in [3.05, 3.63) is 59.7 Å². The second kappa shape index (κ2) is 9.06. The molecule has 2 unspecified atom stereocenters. The van der Waals surface area contributed by atoms with E-state index >= 15 is 0 Å². The summed E-state index contributed by atoms with van der Waals surface area (Å²) in [7, 11) is 0. The minimum Gasteiger partial charge on any atom is -0.374 e. The number of amides is 2. The number of carbonyl (C=O) groups excluding carboxylic acids is 2. The molecule has 142 valence electrons. The summed E-state index contributed by atoms with van der Waals surface area (Å²) >= 11 is 1.51. The molecule has 0 saturated heterocycles. The fraction of sp³-hybridized carbons (Fsp3) is 0.333. The molecule has 27 heavy (non-hydrogen) atoms. The highest BCUT2D eigenvalue weighted by Gasteiger charge is 2.23. The van der Waals surface area contributed by atoms with Crippen molar-refractivity contribution < 1.29 is 14.3 Å². The first kappa shape index (κ1) is 19.5. The number of anilines is 1. The van der Waals surface area contributed by atoms with Gasteiger partial charge in [0.25, 0.3) is 5.91 Å². The minimum atomic E-state index is -0.147. The standard InChI is InChI=1S/C21H24N2O3S/c1-14(16-7-4-3-5-8-16)26-12-6-11-22-21(25)17-9-10-19-18(13-17)23-20(24)15(2)27-19/h3-5,7-10,13-15H,6,11-12H2,1-2H3,(H,22,25)(H,23,24). The third-order valence-corrected chi connectivity index (χ3v) is 5.59. The average Bonchev–Trinajstić information content (AvgIpc) is 2.68. The summed E-state index contributed by atoms with van der Waals surface area (Å²) in [4.78, 5) is 25.1. The molecule has 2 aromatic carbocycles. The molecule has 1 heterocycles. The Morgan fingerprint density at radius 3 is 2.81 bits per heavy atom. The smallest absolute Gasteiger partial charge is 0.251 e. The van der Waals surface area contributed by atoms with Crippen molar-refractivity contribution in [2.45, 2.75) is 36.5 Å². The quantitative estimate of drug-likeness (QED) is 0.708. The Labute approximate surface area is 163 Å². The van der Waals surface area contributed by atoms with Gasteiger partial charge in [0.15, 0.2) is 0 Å². The number of ether oxygens (including phenoxy) is 1. The first-order valence-electron chi connectivity index (χ1n) is 9.11. The molecule has 0 fully saturated rings. The predicted octanol–water partition coefficient (Wildman–Crippen LogP) is 4.02. The van der Waals surface area contributed by atoms with E-state index in [2.05, 4.69) is 10.6 Å². The van der Waals surface area contributed by atoms with Crippen LogP contribution in [0.1, 0.15) is 42.3 Å². The zero-order valence-corrected chi connectivity index (χ0v) is 16.3. The molecule has 0 saturated carbocycles. The lowest BCUT2D eigenvalue weighted by Gasteiger charge is -2.21. The summed E-state index contributed by atoms with van der Waals surface area (Å²) < 4.78 is 5.81. The number of rotatable bonds is 7. The molecule has 0 bridgehead atoms. The third-order valence-electron chi connectivity index (χ3n) is 4.42. The zero-order chi connectivity index (χ0) is 19.2. The lowest BCUT2D eigenvalue weighted by atomic mass is 10.1. The van der Waals surface area contributed by atoms with Crippen LogP contribution in [-0.4, -0.2) is 30.2 Å². The highest BCUT2D eigenvalue weighted by atomic mass is 32.2. The number of nitrogens with one attached hydrogen (secondary N) is 2. The number of thioether (sulfide) groups is 1. The van der Waals surface area contributed by atoms with Gasteiger partial charge in [-0.15, -0.1) is 11.8 Å². The van der Waals surface area contributed by atoms with E-state index in [1.807, 2.05) is 50.2 Å². The summed E-state index contributed by atoms with van der Waals surface area (Å²) in [5.41, 5.74) is 2.39. The summed E-state index contributed by atoms with van der Waals surface area (Å²) in [5, 5.41) is 5.64. The van der Waals surface area contributed by atoms with E-state index in [-0.39, 0.29) is 23.2 Å². The van der Waals surface area contributed by atoms with Crippen molar-refractivity contribution in [3.8, 4) is 0 Å². The van der Waals surface area contributed by atoms with E-state index in [0.29, 0.717) is 24.4 Å². The van der Waals surface area contributed by atoms with Crippen molar-refractivity contribution in [2.75, 3.05) is 18.5 Å². The minimum absolute atomic E-state index is 0.0326. The van der Waals surface area contributed by atoms with E-state index < -0.39 is 0 Å². The first-order chi connectivity index (χ1) is 13.0. The Bertz CT molecular complexity index is 810. The summed E-state index contributed by atoms with van der Waals surface area (Å²) in [6.07, 6.45) is 0.767. The molecule has 2 N–H and O–H groups in total. The molecule has 0 aromatic heterocycles. The molecular formula is C21H24N2O3S. The fourth-order valence-electron chi connectivity index (χ4n) is 2.81. The van der Waals surface area contributed by atoms with Crippen molar-refractivity contribution >= 4 is 29.3 Å². The van der Waals surface area contributed by atoms with Crippen LogP contribution in [0.2, 0.25) is 0 Å². The van der Waals surface area contributed by atoms with E-state index in [0.717, 1.165) is 16.9 Å². The molecule has 2 atom stereocenters. The largest absolute Gasteiger partial charge is 0.374 e. The van der Waals surface area contributed by atoms with Gasteiger partial charge < -0.3 is 15.4 Å². The van der Waals surface area contributed by atoms with Gasteiger partial charge in [0.2, 0.25) is 5.91 Å². The maximum Gasteiger partial charge on any atom is 0.251 e. The van der Waals surface area contributed by atoms with Gasteiger partial charge in [0.05, 0.1) is 17.0 Å². The van der Waals surface area contributed by atoms with Gasteiger partial charge in [0.1, 0.15) is 0 Å². The number of benzene rings is 2. The van der Waals surface area contributed by atoms with Gasteiger partial charge in [-0.2, -0.15) is 0 Å². The zero-order valence-electron chi connectivity index (χ0n) is 15.5. The number of carbonyl (C=O) groups is 2. The van der Waals surface area contributed by atoms with E-state index in [1.165, 1.54) is 11.8 Å². The van der Waals surface area contributed by atoms with Crippen molar-refractivity contribution in [1.82, 2.24) is 5.32 Å². The van der Waals surface area contributed by atoms with Crippen LogP contribution in [0, 0.1) is 0 Å². The van der Waals surface area contributed by atoms with Gasteiger partial charge in [-0.25, -0.2) is 0 Å². The van der Waals surface area contributed by atoms with Crippen molar-refractivity contribution in [3.63, 3.8) is 0 Å². The molecule has 0 spiro atoms. The van der Waals surface area contributed by atoms with Crippen LogP contribution in [-0.2, 0) is 9.53 Å². The maximum absolute atomic E-state index is 12.3. The van der Waals surface area contributed by atoms with Gasteiger partial charge in [0, 0.05) is 23.6 Å². The Balaban J connectivity index is 1.43. The fourth-order valence-corrected chi connectivity index (χ4v) is 3.74. The topological polar surface area (TPSA) is 67.4 Å². The van der Waals surface area contributed by atoms with Crippen molar-refractivity contribution in [2.24, 2.45) is 0 Å². The molecule has 0 aliphatic carbocycles. The average molecular weight is 385 g/mol. The first-order valence-corrected chi connectivity index (χ1v) is 9.99. The summed E-state index contributed by atoms with van der Waals surface area (Å²) in [5.74, 6) is -0.179. The molecule has 3 rings (SSSR count). The summed E-state index contributed by atoms with van der Waals surface area (Å²) in [6.45, 7) is 5.00. The lowest BCUT2D eigenvalue weighted by molar-refractivity contribution is -0.115. The molecule has 2 amide bonds. The van der Waals surface area contributed by atoms with Gasteiger partial charge in [-0.3, -0.25) is 9.59 Å². The number of hydrogen-bond acceptors (Lipinski definition) is 4. The van der Waals surface area contributed by atoms with Gasteiger partial charge in [-0.05, 0) is 44.0 Å². The second-order valence-electron chi connectivity index (χ2n) is 6.49. The SMILES string of the molecule is CC1Sc2ccc(C(=O)NCCCOC(C)c3ccccc3)cc2NC1=O. The Morgan fingerprint density at radius 2 is 2.04 bits per heavy atom. The number of fused-ring (bicyclic) bond motifs is 1. The van der Waals surface area contributed by atoms with Gasteiger partial charge in [-0.1, -0.05) is 30.3 Å². The van der Waals surface area contributed by atoms with Crippen molar-refractivity contribution in [1.29, 1.82) is 0 Å². The van der Waals surface area contributed by atoms with E-state index in [9.17, 15) is 9.59 Å². The van der Waals surface area contributed by atoms with Crippen LogP contribution in [0.5, 0.6) is 0 Å². The molecule has 2 aromatic rings. The highest BCUT2D eigenvalue weighted by molar-refractivity contribution is 8.00. The van der Waals surface area contributed by atoms with Crippen LogP contribution in [0.15, 0.2) is 53.4 Å². The molecular weight excluding hydrogens is 360 g/mol. The molecule has 1 aliphatic rings. The number of hydrogen-bond donors (Lipinski definition) is 2. The van der Waals surface area contributed by atoms with E-state index in [1.54, 1.807) is 12.1 Å². The van der Waals surface area contributed by atoms with Crippen LogP contribution in [0.25, 0.3) is 0 Å². The normalized spacial score (nSPS) is 17.0. The van der Waals surface area contributed by atoms with Crippen LogP contribution < -0.4 is 10.6 Å². The molecule has 0 radical (unpaired) electrons. The second-order valence-corrected chi connectivity index (χ2v) is 7.88. The van der Waals surface area contributed by atoms with Gasteiger partial charge >= 0.3 is 0 Å². The molecule has 5 nitrogen and oxygen atoms in total. The molecule has 1 aliphatic heterocycles. The molecule has 6 heteroatoms. The van der Waals surface area contributed by atoms with Crippen LogP contribution in [0.3, 0.4) is 0 Å². The van der Waals surface area contributed by atoms with Crippen LogP contribution in [0.4, 0.5) is 5.69 Å². The Hall–Kier alpha value is -2.31. The Morgan fingerprint density at radius 1 is 1.26 bits per heavy atom. The maximum atomic E-state index is 12.3. The Kier molecular flexibility index (Phi) is 6.53. The van der Waals surface area contributed by atoms with Crippen LogP contribution >= 0.6 is 11.8 Å². The van der Waals surface area contributed by atoms with E-state index in [4.69, 9.17) is 4.74 Å². The lowest BCUT2D eigenvalue weighted by Crippen LogP contribution is -2.28. The monoisotopic (exact) mass is 384 g/mol. The predicted molar refractivity (Wildman–Crippen MR) is 108 cm³/mol.